The van der Waals surface area contributed by atoms with Gasteiger partial charge in [0.15, 0.2) is 5.60 Å². The minimum atomic E-state index is -1.86. The minimum absolute atomic E-state index is 0.0534. The minimum Gasteiger partial charge on any atom is -0.462 e. The number of aliphatic hydroxyl groups is 2. The third kappa shape index (κ3) is 4.21. The van der Waals surface area contributed by atoms with Crippen LogP contribution in [0, 0.1) is 34.5 Å². The summed E-state index contributed by atoms with van der Waals surface area (Å²) in [6.45, 7) is 5.99. The number of carbonyl (C=O) groups excluding carboxylic acids is 3. The monoisotopic (exact) mass is 687 g/mol. The molecule has 1 heterocycles. The highest BCUT2D eigenvalue weighted by molar-refractivity contribution is 5.89. The second-order valence-electron chi connectivity index (χ2n) is 15.0. The fourth-order valence-corrected chi connectivity index (χ4v) is 12.7. The number of benzene rings is 1. The molecular weight excluding hydrogens is 638 g/mol. The fourth-order valence-electron chi connectivity index (χ4n) is 12.7. The van der Waals surface area contributed by atoms with Crippen molar-refractivity contribution in [3.05, 3.63) is 35.9 Å². The predicted octanol–water partition coefficient (Wildman–Crippen LogP) is 1.22. The topological polar surface area (TPSA) is 160 Å². The van der Waals surface area contributed by atoms with Crippen LogP contribution in [0.15, 0.2) is 30.3 Å². The lowest BCUT2D eigenvalue weighted by Crippen LogP contribution is -2.81. The Morgan fingerprint density at radius 3 is 2.20 bits per heavy atom. The molecule has 5 aliphatic carbocycles. The highest BCUT2D eigenvalue weighted by atomic mass is 16.6. The van der Waals surface area contributed by atoms with Gasteiger partial charge in [0.25, 0.3) is 0 Å². The van der Waals surface area contributed by atoms with E-state index in [1.165, 1.54) is 21.0 Å². The van der Waals surface area contributed by atoms with Crippen molar-refractivity contribution < 1.29 is 57.8 Å². The molecule has 6 fully saturated rings. The van der Waals surface area contributed by atoms with Crippen LogP contribution in [-0.2, 0) is 42.7 Å². The first kappa shape index (κ1) is 34.8. The largest absolute Gasteiger partial charge is 0.462 e. The molecule has 1 aromatic carbocycles. The SMILES string of the molecule is CCN1C[C@@]2(COC)C3[C@@H](OC)[C@H]4C1[C@]3([C@@H](OC)C[C@H]2OC(C)=O)[C@@H]1C[C@]2(O)[C@H](OC(=O)c3ccccc3)C1[C@]4(OC(C)=O)[C@@H](O)[C@@H]2OC. The van der Waals surface area contributed by atoms with Crippen LogP contribution in [0.3, 0.4) is 0 Å². The molecule has 1 spiro atoms. The van der Waals surface area contributed by atoms with Gasteiger partial charge in [-0.05, 0) is 31.0 Å². The van der Waals surface area contributed by atoms with Crippen LogP contribution >= 0.6 is 0 Å². The van der Waals surface area contributed by atoms with Crippen LogP contribution in [0.25, 0.3) is 0 Å². The molecule has 49 heavy (non-hydrogen) atoms. The van der Waals surface area contributed by atoms with Crippen molar-refractivity contribution in [3.63, 3.8) is 0 Å². The second-order valence-corrected chi connectivity index (χ2v) is 15.0. The van der Waals surface area contributed by atoms with Crippen LogP contribution in [0.2, 0.25) is 0 Å². The van der Waals surface area contributed by atoms with E-state index in [4.69, 9.17) is 33.2 Å². The zero-order valence-corrected chi connectivity index (χ0v) is 29.2. The predicted molar refractivity (Wildman–Crippen MR) is 170 cm³/mol. The van der Waals surface area contributed by atoms with Gasteiger partial charge in [-0.25, -0.2) is 4.79 Å². The third-order valence-corrected chi connectivity index (χ3v) is 13.4. The van der Waals surface area contributed by atoms with Crippen molar-refractivity contribution in [1.82, 2.24) is 4.90 Å². The van der Waals surface area contributed by atoms with E-state index >= 15 is 0 Å². The highest BCUT2D eigenvalue weighted by Crippen LogP contribution is 2.80. The number of aliphatic hydroxyl groups excluding tert-OH is 1. The van der Waals surface area contributed by atoms with Gasteiger partial charge in [0.2, 0.25) is 0 Å². The molecule has 7 bridgehead atoms. The summed E-state index contributed by atoms with van der Waals surface area (Å²) in [4.78, 5) is 42.2. The first-order valence-corrected chi connectivity index (χ1v) is 17.2. The number of piperidine rings is 1. The average molecular weight is 688 g/mol. The number of carbonyl (C=O) groups is 3. The van der Waals surface area contributed by atoms with Crippen molar-refractivity contribution in [2.45, 2.75) is 87.5 Å². The number of methoxy groups -OCH3 is 4. The summed E-state index contributed by atoms with van der Waals surface area (Å²) in [5.41, 5.74) is -4.92. The van der Waals surface area contributed by atoms with Crippen molar-refractivity contribution in [1.29, 1.82) is 0 Å². The Bertz CT molecular complexity index is 1480. The molecule has 0 aromatic heterocycles. The number of rotatable bonds is 10. The summed E-state index contributed by atoms with van der Waals surface area (Å²) < 4.78 is 43.9. The number of nitrogens with zero attached hydrogens (tertiary/aromatic N) is 1. The standard InChI is InChI=1S/C36H49NO12/c1-8-37-16-33(17-43-4)22(47-18(2)38)14-23(44-5)35-21-15-34(42)30(48-32(41)20-12-10-9-11-13-20)24(21)36(49-19(3)39,29(40)31(34)46-7)25(28(35)37)26(45-6)27(33)35/h9-13,21-31,40,42H,8,14-17H2,1-7H3/t21-,22-,23+,24?,25+,26+,27?,28?,29+,30-,31+,33+,34+,35+,36-/m1/s1. The summed E-state index contributed by atoms with van der Waals surface area (Å²) in [6, 6.07) is 8.12. The Hall–Kier alpha value is -2.65. The van der Waals surface area contributed by atoms with Gasteiger partial charge < -0.3 is 43.4 Å². The number of ether oxygens (including phenoxy) is 7. The molecule has 5 saturated carbocycles. The van der Waals surface area contributed by atoms with Crippen LogP contribution in [0.5, 0.6) is 0 Å². The quantitative estimate of drug-likeness (QED) is 0.267. The van der Waals surface area contributed by atoms with Crippen LogP contribution in [-0.4, -0.2) is 135 Å². The molecule has 0 radical (unpaired) electrons. The summed E-state index contributed by atoms with van der Waals surface area (Å²) in [5, 5.41) is 25.5. The normalized spacial score (nSPS) is 47.4. The Morgan fingerprint density at radius 1 is 0.918 bits per heavy atom. The molecular formula is C36H49NO12. The summed E-state index contributed by atoms with van der Waals surface area (Å²) in [6.07, 6.45) is -5.45. The van der Waals surface area contributed by atoms with Gasteiger partial charge in [-0.3, -0.25) is 14.5 Å². The molecule has 270 valence electrons. The molecule has 1 saturated heterocycles. The second kappa shape index (κ2) is 12.0. The van der Waals surface area contributed by atoms with Crippen LogP contribution in [0.1, 0.15) is 44.0 Å². The van der Waals surface area contributed by atoms with Crippen LogP contribution in [0.4, 0.5) is 0 Å². The maximum Gasteiger partial charge on any atom is 0.338 e. The molecule has 1 aliphatic heterocycles. The Labute approximate surface area is 286 Å². The Morgan fingerprint density at radius 2 is 1.63 bits per heavy atom. The summed E-state index contributed by atoms with van der Waals surface area (Å²) in [7, 11) is 6.25. The third-order valence-electron chi connectivity index (χ3n) is 13.4. The molecule has 13 heteroatoms. The first-order valence-electron chi connectivity index (χ1n) is 17.2. The van der Waals surface area contributed by atoms with E-state index in [9.17, 15) is 24.6 Å². The highest BCUT2D eigenvalue weighted by Gasteiger charge is 2.92. The maximum atomic E-state index is 13.8. The van der Waals surface area contributed by atoms with Crippen molar-refractivity contribution in [3.8, 4) is 0 Å². The maximum absolute atomic E-state index is 13.8. The van der Waals surface area contributed by atoms with Crippen LogP contribution < -0.4 is 0 Å². The average Bonchev–Trinajstić information content (AvgIpc) is 3.44. The van der Waals surface area contributed by atoms with E-state index in [0.717, 1.165) is 0 Å². The van der Waals surface area contributed by atoms with Gasteiger partial charge in [0.1, 0.15) is 30.0 Å². The lowest BCUT2D eigenvalue weighted by molar-refractivity contribution is -0.322. The molecule has 1 aromatic rings. The van der Waals surface area contributed by atoms with Gasteiger partial charge >= 0.3 is 17.9 Å². The number of esters is 3. The van der Waals surface area contributed by atoms with Gasteiger partial charge in [0, 0.05) is 89.9 Å². The Balaban J connectivity index is 1.53. The number of hydrogen-bond acceptors (Lipinski definition) is 13. The van der Waals surface area contributed by atoms with E-state index in [-0.39, 0.29) is 24.6 Å². The fraction of sp³-hybridized carbons (Fsp3) is 0.750. The van der Waals surface area contributed by atoms with E-state index < -0.39 is 100 Å². The Kier molecular flexibility index (Phi) is 8.49. The van der Waals surface area contributed by atoms with Gasteiger partial charge in [-0.1, -0.05) is 25.1 Å². The lowest BCUT2D eigenvalue weighted by atomic mass is 9.42. The van der Waals surface area contributed by atoms with Gasteiger partial charge in [-0.2, -0.15) is 0 Å². The molecule has 3 unspecified atom stereocenters. The number of hydrogen-bond donors (Lipinski definition) is 2. The zero-order valence-electron chi connectivity index (χ0n) is 29.2. The lowest BCUT2D eigenvalue weighted by Gasteiger charge is -2.70. The number of likely N-dealkylation sites (tertiary alicyclic amines) is 1. The van der Waals surface area contributed by atoms with E-state index in [1.54, 1.807) is 51.7 Å². The summed E-state index contributed by atoms with van der Waals surface area (Å²) in [5.74, 6) is -4.24. The van der Waals surface area contributed by atoms with E-state index in [2.05, 4.69) is 4.90 Å². The summed E-state index contributed by atoms with van der Waals surface area (Å²) >= 11 is 0. The van der Waals surface area contributed by atoms with Gasteiger partial charge in [0.05, 0.1) is 24.4 Å². The first-order chi connectivity index (χ1) is 23.4. The van der Waals surface area contributed by atoms with Gasteiger partial charge in [-0.15, -0.1) is 0 Å². The molecule has 15 atom stereocenters. The van der Waals surface area contributed by atoms with E-state index in [1.807, 2.05) is 6.92 Å². The van der Waals surface area contributed by atoms with Crippen molar-refractivity contribution in [2.24, 2.45) is 34.5 Å². The van der Waals surface area contributed by atoms with E-state index in [0.29, 0.717) is 19.5 Å². The smallest absolute Gasteiger partial charge is 0.338 e. The molecule has 7 rings (SSSR count). The number of fused-ring (bicyclic) bond motifs is 2. The molecule has 0 amide bonds. The van der Waals surface area contributed by atoms with Crippen molar-refractivity contribution in [2.75, 3.05) is 48.1 Å². The zero-order chi connectivity index (χ0) is 35.3. The molecule has 6 aliphatic rings. The molecule has 13 nitrogen and oxygen atoms in total. The molecule has 2 N–H and O–H groups in total. The van der Waals surface area contributed by atoms with Crippen molar-refractivity contribution >= 4 is 17.9 Å².